The third kappa shape index (κ3) is 2.84. The highest BCUT2D eigenvalue weighted by atomic mass is 16.1. The number of rotatable bonds is 2. The van der Waals surface area contributed by atoms with Crippen LogP contribution in [0.25, 0.3) is 0 Å². The molecule has 0 N–H and O–H groups in total. The van der Waals surface area contributed by atoms with E-state index in [1.54, 1.807) is 19.2 Å². The van der Waals surface area contributed by atoms with Crippen LogP contribution in [0.15, 0.2) is 18.3 Å². The Hall–Kier alpha value is -1.38. The maximum Gasteiger partial charge on any atom is 0.159 e. The highest BCUT2D eigenvalue weighted by Gasteiger charge is 2.25. The van der Waals surface area contributed by atoms with Crippen molar-refractivity contribution in [3.8, 4) is 0 Å². The molecule has 1 aliphatic rings. The molecule has 0 aromatic carbocycles. The van der Waals surface area contributed by atoms with Gasteiger partial charge in [0.25, 0.3) is 0 Å². The Morgan fingerprint density at radius 3 is 2.59 bits per heavy atom. The summed E-state index contributed by atoms with van der Waals surface area (Å²) >= 11 is 0. The monoisotopic (exact) mass is 232 g/mol. The first-order valence-electron chi connectivity index (χ1n) is 6.20. The van der Waals surface area contributed by atoms with Crippen LogP contribution in [0.1, 0.15) is 44.0 Å². The zero-order valence-electron chi connectivity index (χ0n) is 10.9. The average Bonchev–Trinajstić information content (AvgIpc) is 2.29. The van der Waals surface area contributed by atoms with E-state index in [1.165, 1.54) is 12.8 Å². The van der Waals surface area contributed by atoms with E-state index in [4.69, 9.17) is 0 Å². The van der Waals surface area contributed by atoms with Crippen molar-refractivity contribution >= 4 is 11.6 Å². The van der Waals surface area contributed by atoms with Gasteiger partial charge in [0.2, 0.25) is 0 Å². The van der Waals surface area contributed by atoms with Crippen LogP contribution in [0.4, 0.5) is 5.82 Å². The zero-order valence-corrected chi connectivity index (χ0v) is 10.9. The number of pyridine rings is 1. The van der Waals surface area contributed by atoms with Gasteiger partial charge in [0.15, 0.2) is 5.78 Å². The minimum atomic E-state index is 0.103. The maximum absolute atomic E-state index is 11.3. The fourth-order valence-electron chi connectivity index (χ4n) is 2.15. The van der Waals surface area contributed by atoms with Gasteiger partial charge in [-0.25, -0.2) is 4.98 Å². The Morgan fingerprint density at radius 2 is 2.00 bits per heavy atom. The molecule has 3 nitrogen and oxygen atoms in total. The molecular weight excluding hydrogens is 212 g/mol. The van der Waals surface area contributed by atoms with E-state index in [2.05, 4.69) is 23.7 Å². The van der Waals surface area contributed by atoms with Gasteiger partial charge in [-0.3, -0.25) is 4.79 Å². The molecule has 2 heterocycles. The van der Waals surface area contributed by atoms with Crippen LogP contribution < -0.4 is 4.90 Å². The van der Waals surface area contributed by atoms with Crippen LogP contribution in [0.5, 0.6) is 0 Å². The first-order valence-corrected chi connectivity index (χ1v) is 6.20. The van der Waals surface area contributed by atoms with E-state index >= 15 is 0 Å². The molecule has 0 unspecified atom stereocenters. The number of hydrogen-bond acceptors (Lipinski definition) is 3. The molecule has 17 heavy (non-hydrogen) atoms. The molecule has 3 heteroatoms. The van der Waals surface area contributed by atoms with E-state index < -0.39 is 0 Å². The summed E-state index contributed by atoms with van der Waals surface area (Å²) in [5.74, 6) is 1.04. The Labute approximate surface area is 103 Å². The lowest BCUT2D eigenvalue weighted by atomic mass is 9.83. The summed E-state index contributed by atoms with van der Waals surface area (Å²) in [5.41, 5.74) is 1.19. The molecule has 0 saturated carbocycles. The van der Waals surface area contributed by atoms with Crippen molar-refractivity contribution in [1.82, 2.24) is 4.98 Å². The van der Waals surface area contributed by atoms with Crippen LogP contribution in [0, 0.1) is 5.41 Å². The second kappa shape index (κ2) is 4.47. The number of carbonyl (C=O) groups excluding carboxylic acids is 1. The number of aromatic nitrogens is 1. The fraction of sp³-hybridized carbons (Fsp3) is 0.571. The Balaban J connectivity index is 2.13. The standard InChI is InChI=1S/C14H20N2O/c1-11(17)12-4-7-15-13(10-12)16-8-5-14(2,3)6-9-16/h4,7,10H,5-6,8-9H2,1-3H3. The highest BCUT2D eigenvalue weighted by Crippen LogP contribution is 2.31. The third-order valence-electron chi connectivity index (χ3n) is 3.59. The smallest absolute Gasteiger partial charge is 0.159 e. The van der Waals surface area contributed by atoms with E-state index in [9.17, 15) is 4.79 Å². The maximum atomic E-state index is 11.3. The topological polar surface area (TPSA) is 33.2 Å². The third-order valence-corrected chi connectivity index (χ3v) is 3.59. The minimum Gasteiger partial charge on any atom is -0.357 e. The van der Waals surface area contributed by atoms with Gasteiger partial charge in [-0.2, -0.15) is 0 Å². The summed E-state index contributed by atoms with van der Waals surface area (Å²) in [6.45, 7) is 8.27. The SMILES string of the molecule is CC(=O)c1ccnc(N2CCC(C)(C)CC2)c1. The number of hydrogen-bond donors (Lipinski definition) is 0. The van der Waals surface area contributed by atoms with Crippen molar-refractivity contribution in [3.05, 3.63) is 23.9 Å². The van der Waals surface area contributed by atoms with Crippen LogP contribution >= 0.6 is 0 Å². The number of carbonyl (C=O) groups is 1. The summed E-state index contributed by atoms with van der Waals surface area (Å²) in [6, 6.07) is 3.68. The largest absolute Gasteiger partial charge is 0.357 e. The van der Waals surface area contributed by atoms with Crippen molar-refractivity contribution in [1.29, 1.82) is 0 Å². The van der Waals surface area contributed by atoms with Crippen molar-refractivity contribution in [2.45, 2.75) is 33.6 Å². The number of anilines is 1. The molecule has 1 aromatic rings. The molecule has 0 aliphatic carbocycles. The molecule has 0 bridgehead atoms. The fourth-order valence-corrected chi connectivity index (χ4v) is 2.15. The lowest BCUT2D eigenvalue weighted by Gasteiger charge is -2.37. The molecule has 0 radical (unpaired) electrons. The first kappa shape index (κ1) is 12.1. The van der Waals surface area contributed by atoms with E-state index in [0.29, 0.717) is 5.41 Å². The normalized spacial score (nSPS) is 19.1. The molecule has 1 aromatic heterocycles. The van der Waals surface area contributed by atoms with Crippen molar-refractivity contribution < 1.29 is 4.79 Å². The van der Waals surface area contributed by atoms with Crippen LogP contribution in [-0.4, -0.2) is 23.9 Å². The van der Waals surface area contributed by atoms with E-state index in [-0.39, 0.29) is 5.78 Å². The van der Waals surface area contributed by atoms with Gasteiger partial charge in [0.1, 0.15) is 5.82 Å². The van der Waals surface area contributed by atoms with Gasteiger partial charge in [-0.1, -0.05) is 13.8 Å². The number of nitrogens with zero attached hydrogens (tertiary/aromatic N) is 2. The van der Waals surface area contributed by atoms with Crippen molar-refractivity contribution in [3.63, 3.8) is 0 Å². The molecule has 0 spiro atoms. The highest BCUT2D eigenvalue weighted by molar-refractivity contribution is 5.94. The van der Waals surface area contributed by atoms with Gasteiger partial charge >= 0.3 is 0 Å². The summed E-state index contributed by atoms with van der Waals surface area (Å²) in [6.07, 6.45) is 4.09. The molecule has 1 aliphatic heterocycles. The summed E-state index contributed by atoms with van der Waals surface area (Å²) in [4.78, 5) is 18.0. The van der Waals surface area contributed by atoms with Gasteiger partial charge in [-0.15, -0.1) is 0 Å². The van der Waals surface area contributed by atoms with Gasteiger partial charge in [0, 0.05) is 24.8 Å². The van der Waals surface area contributed by atoms with E-state index in [1.807, 2.05) is 6.07 Å². The predicted octanol–water partition coefficient (Wildman–Crippen LogP) is 2.91. The Morgan fingerprint density at radius 1 is 1.35 bits per heavy atom. The quantitative estimate of drug-likeness (QED) is 0.735. The Kier molecular flexibility index (Phi) is 3.18. The average molecular weight is 232 g/mol. The number of ketones is 1. The number of piperidine rings is 1. The summed E-state index contributed by atoms with van der Waals surface area (Å²) in [7, 11) is 0. The van der Waals surface area contributed by atoms with Gasteiger partial charge in [-0.05, 0) is 37.3 Å². The second-order valence-corrected chi connectivity index (χ2v) is 5.61. The zero-order chi connectivity index (χ0) is 12.5. The van der Waals surface area contributed by atoms with E-state index in [0.717, 1.165) is 24.5 Å². The summed E-state index contributed by atoms with van der Waals surface area (Å²) < 4.78 is 0. The summed E-state index contributed by atoms with van der Waals surface area (Å²) in [5, 5.41) is 0. The Bertz CT molecular complexity index is 416. The molecular formula is C14H20N2O. The van der Waals surface area contributed by atoms with Crippen LogP contribution in [-0.2, 0) is 0 Å². The van der Waals surface area contributed by atoms with Crippen LogP contribution in [0.3, 0.4) is 0 Å². The van der Waals surface area contributed by atoms with Crippen molar-refractivity contribution in [2.24, 2.45) is 5.41 Å². The predicted molar refractivity (Wildman–Crippen MR) is 69.5 cm³/mol. The molecule has 0 atom stereocenters. The van der Waals surface area contributed by atoms with Crippen LogP contribution in [0.2, 0.25) is 0 Å². The second-order valence-electron chi connectivity index (χ2n) is 5.61. The van der Waals surface area contributed by atoms with Gasteiger partial charge < -0.3 is 4.90 Å². The first-order chi connectivity index (χ1) is 7.98. The minimum absolute atomic E-state index is 0.103. The molecule has 0 amide bonds. The molecule has 92 valence electrons. The molecule has 1 fully saturated rings. The lowest BCUT2D eigenvalue weighted by Crippen LogP contribution is -2.37. The lowest BCUT2D eigenvalue weighted by molar-refractivity contribution is 0.101. The molecule has 2 rings (SSSR count). The number of Topliss-reactive ketones (excluding diaryl/α,β-unsaturated/α-hetero) is 1. The molecule has 1 saturated heterocycles. The van der Waals surface area contributed by atoms with Gasteiger partial charge in [0.05, 0.1) is 0 Å². The van der Waals surface area contributed by atoms with Crippen molar-refractivity contribution in [2.75, 3.05) is 18.0 Å².